The van der Waals surface area contributed by atoms with Crippen molar-refractivity contribution in [3.05, 3.63) is 48.0 Å². The van der Waals surface area contributed by atoms with E-state index in [-0.39, 0.29) is 24.3 Å². The molecule has 24 heavy (non-hydrogen) atoms. The average Bonchev–Trinajstić information content (AvgIpc) is 3.39. The summed E-state index contributed by atoms with van der Waals surface area (Å²) in [5.41, 5.74) is 2.99. The number of nitrogens with zero attached hydrogens (tertiary/aromatic N) is 2. The number of likely N-dealkylation sites (N-methyl/N-ethyl adjacent to an activating group) is 1. The van der Waals surface area contributed by atoms with Crippen molar-refractivity contribution in [3.8, 4) is 11.3 Å². The Morgan fingerprint density at radius 1 is 1.17 bits per heavy atom. The number of pyridine rings is 1. The van der Waals surface area contributed by atoms with Gasteiger partial charge in [0, 0.05) is 18.5 Å². The van der Waals surface area contributed by atoms with Crippen molar-refractivity contribution >= 4 is 17.6 Å². The van der Waals surface area contributed by atoms with Crippen LogP contribution in [0, 0.1) is 12.8 Å². The fourth-order valence-electron chi connectivity index (χ4n) is 2.51. The zero-order chi connectivity index (χ0) is 17.1. The number of hydrogen-bond acceptors (Lipinski definition) is 3. The van der Waals surface area contributed by atoms with E-state index in [2.05, 4.69) is 10.3 Å². The molecule has 124 valence electrons. The van der Waals surface area contributed by atoms with E-state index >= 15 is 0 Å². The van der Waals surface area contributed by atoms with Gasteiger partial charge in [-0.1, -0.05) is 35.9 Å². The van der Waals surface area contributed by atoms with E-state index in [1.807, 2.05) is 43.3 Å². The molecule has 1 fully saturated rings. The number of benzene rings is 1. The van der Waals surface area contributed by atoms with Crippen molar-refractivity contribution < 1.29 is 9.59 Å². The molecule has 1 N–H and O–H groups in total. The summed E-state index contributed by atoms with van der Waals surface area (Å²) in [6.45, 7) is 2.08. The first kappa shape index (κ1) is 16.2. The molecule has 1 aliphatic carbocycles. The average molecular weight is 323 g/mol. The van der Waals surface area contributed by atoms with E-state index in [0.29, 0.717) is 5.82 Å². The van der Waals surface area contributed by atoms with Gasteiger partial charge in [-0.2, -0.15) is 0 Å². The van der Waals surface area contributed by atoms with Gasteiger partial charge in [0.05, 0.1) is 12.2 Å². The second kappa shape index (κ2) is 6.83. The number of rotatable bonds is 5. The number of anilines is 1. The second-order valence-corrected chi connectivity index (χ2v) is 6.29. The minimum atomic E-state index is -0.236. The molecule has 0 atom stereocenters. The highest BCUT2D eigenvalue weighted by Gasteiger charge is 2.32. The fraction of sp³-hybridized carbons (Fsp3) is 0.316. The van der Waals surface area contributed by atoms with E-state index in [4.69, 9.17) is 0 Å². The largest absolute Gasteiger partial charge is 0.336 e. The molecule has 2 aromatic rings. The first-order valence-electron chi connectivity index (χ1n) is 8.12. The van der Waals surface area contributed by atoms with Gasteiger partial charge < -0.3 is 10.2 Å². The Labute approximate surface area is 141 Å². The van der Waals surface area contributed by atoms with Gasteiger partial charge in [-0.25, -0.2) is 4.98 Å². The van der Waals surface area contributed by atoms with Crippen LogP contribution in [0.5, 0.6) is 0 Å². The first-order chi connectivity index (χ1) is 11.5. The van der Waals surface area contributed by atoms with Crippen LogP contribution in [0.3, 0.4) is 0 Å². The van der Waals surface area contributed by atoms with Gasteiger partial charge in [0.25, 0.3) is 0 Å². The van der Waals surface area contributed by atoms with Crippen LogP contribution in [0.4, 0.5) is 5.82 Å². The molecule has 0 bridgehead atoms. The molecule has 0 spiro atoms. The lowest BCUT2D eigenvalue weighted by Crippen LogP contribution is -2.35. The lowest BCUT2D eigenvalue weighted by atomic mass is 10.1. The Balaban J connectivity index is 1.64. The maximum atomic E-state index is 12.1. The molecule has 1 aromatic heterocycles. The fourth-order valence-corrected chi connectivity index (χ4v) is 2.51. The Morgan fingerprint density at radius 2 is 1.88 bits per heavy atom. The highest BCUT2D eigenvalue weighted by Crippen LogP contribution is 2.30. The van der Waals surface area contributed by atoms with Gasteiger partial charge in [0.1, 0.15) is 5.82 Å². The van der Waals surface area contributed by atoms with Crippen LogP contribution in [0.1, 0.15) is 18.4 Å². The molecule has 0 saturated heterocycles. The van der Waals surface area contributed by atoms with Crippen molar-refractivity contribution in [2.24, 2.45) is 5.92 Å². The van der Waals surface area contributed by atoms with Gasteiger partial charge in [0.15, 0.2) is 0 Å². The molecule has 3 rings (SSSR count). The smallest absolute Gasteiger partial charge is 0.245 e. The van der Waals surface area contributed by atoms with Crippen molar-refractivity contribution in [2.45, 2.75) is 19.8 Å². The highest BCUT2D eigenvalue weighted by molar-refractivity contribution is 5.94. The minimum absolute atomic E-state index is 0.0474. The quantitative estimate of drug-likeness (QED) is 0.920. The Kier molecular flexibility index (Phi) is 4.60. The highest BCUT2D eigenvalue weighted by atomic mass is 16.2. The maximum Gasteiger partial charge on any atom is 0.245 e. The summed E-state index contributed by atoms with van der Waals surface area (Å²) in [5, 5.41) is 2.76. The van der Waals surface area contributed by atoms with Gasteiger partial charge >= 0.3 is 0 Å². The van der Waals surface area contributed by atoms with Crippen LogP contribution in [0.2, 0.25) is 0 Å². The third kappa shape index (κ3) is 3.98. The van der Waals surface area contributed by atoms with Crippen LogP contribution in [-0.2, 0) is 9.59 Å². The summed E-state index contributed by atoms with van der Waals surface area (Å²) >= 11 is 0. The number of carbonyl (C=O) groups excluding carboxylic acids is 2. The van der Waals surface area contributed by atoms with Crippen molar-refractivity contribution in [1.29, 1.82) is 0 Å². The molecule has 2 amide bonds. The normalized spacial score (nSPS) is 13.4. The minimum Gasteiger partial charge on any atom is -0.336 e. The number of amides is 2. The molecule has 1 aromatic carbocycles. The summed E-state index contributed by atoms with van der Waals surface area (Å²) < 4.78 is 0. The zero-order valence-corrected chi connectivity index (χ0v) is 14.0. The number of nitrogens with one attached hydrogen (secondary N) is 1. The summed E-state index contributed by atoms with van der Waals surface area (Å²) in [6, 6.07) is 13.6. The number of aryl methyl sites for hydroxylation is 1. The van der Waals surface area contributed by atoms with Gasteiger partial charge in [0.2, 0.25) is 11.8 Å². The second-order valence-electron chi connectivity index (χ2n) is 6.29. The SMILES string of the molecule is Cc1ccc(-c2cccc(NC(=O)CN(C)C(=O)C3CC3)n2)cc1. The summed E-state index contributed by atoms with van der Waals surface area (Å²) in [6.07, 6.45) is 1.87. The third-order valence-corrected chi connectivity index (χ3v) is 4.05. The van der Waals surface area contributed by atoms with Crippen LogP contribution in [-0.4, -0.2) is 35.3 Å². The first-order valence-corrected chi connectivity index (χ1v) is 8.12. The Hall–Kier alpha value is -2.69. The Morgan fingerprint density at radius 3 is 2.54 bits per heavy atom. The lowest BCUT2D eigenvalue weighted by molar-refractivity contribution is -0.134. The van der Waals surface area contributed by atoms with E-state index in [9.17, 15) is 9.59 Å². The van der Waals surface area contributed by atoms with Crippen LogP contribution < -0.4 is 5.32 Å². The van der Waals surface area contributed by atoms with Crippen molar-refractivity contribution in [2.75, 3.05) is 18.9 Å². The number of carbonyl (C=O) groups is 2. The van der Waals surface area contributed by atoms with E-state index in [1.54, 1.807) is 13.1 Å². The molecule has 5 heteroatoms. The summed E-state index contributed by atoms with van der Waals surface area (Å²) in [7, 11) is 1.66. The molecule has 1 saturated carbocycles. The molecule has 1 aliphatic rings. The predicted molar refractivity (Wildman–Crippen MR) is 93.4 cm³/mol. The van der Waals surface area contributed by atoms with Crippen LogP contribution in [0.15, 0.2) is 42.5 Å². The van der Waals surface area contributed by atoms with E-state index < -0.39 is 0 Å². The number of aromatic nitrogens is 1. The standard InChI is InChI=1S/C19H21N3O2/c1-13-6-8-14(9-7-13)16-4-3-5-17(20-16)21-18(23)12-22(2)19(24)15-10-11-15/h3-9,15H,10-12H2,1-2H3,(H,20,21,23). The number of hydrogen-bond donors (Lipinski definition) is 1. The summed E-state index contributed by atoms with van der Waals surface area (Å²) in [5.74, 6) is 0.419. The van der Waals surface area contributed by atoms with Crippen LogP contribution >= 0.6 is 0 Å². The monoisotopic (exact) mass is 323 g/mol. The summed E-state index contributed by atoms with van der Waals surface area (Å²) in [4.78, 5) is 30.0. The maximum absolute atomic E-state index is 12.1. The van der Waals surface area contributed by atoms with Gasteiger partial charge in [-0.3, -0.25) is 9.59 Å². The topological polar surface area (TPSA) is 62.3 Å². The predicted octanol–water partition coefficient (Wildman–Crippen LogP) is 2.86. The van der Waals surface area contributed by atoms with Crippen molar-refractivity contribution in [1.82, 2.24) is 9.88 Å². The van der Waals surface area contributed by atoms with E-state index in [0.717, 1.165) is 24.1 Å². The zero-order valence-electron chi connectivity index (χ0n) is 14.0. The molecule has 0 aliphatic heterocycles. The molecular weight excluding hydrogens is 302 g/mol. The van der Waals surface area contributed by atoms with Gasteiger partial charge in [-0.05, 0) is 31.9 Å². The van der Waals surface area contributed by atoms with Crippen LogP contribution in [0.25, 0.3) is 11.3 Å². The van der Waals surface area contributed by atoms with Crippen molar-refractivity contribution in [3.63, 3.8) is 0 Å². The Bertz CT molecular complexity index is 751. The molecular formula is C19H21N3O2. The van der Waals surface area contributed by atoms with Gasteiger partial charge in [-0.15, -0.1) is 0 Å². The third-order valence-electron chi connectivity index (χ3n) is 4.05. The molecule has 1 heterocycles. The molecule has 5 nitrogen and oxygen atoms in total. The lowest BCUT2D eigenvalue weighted by Gasteiger charge is -2.16. The molecule has 0 unspecified atom stereocenters. The molecule has 0 radical (unpaired) electrons. The van der Waals surface area contributed by atoms with E-state index in [1.165, 1.54) is 10.5 Å².